The SMILES string of the molecule is CCc1cccc(C)c1NC(=O)c1[nH]c(C)c(C(C)=O)c1C. The molecular weight excluding hydrogens is 276 g/mol. The van der Waals surface area contributed by atoms with Crippen molar-refractivity contribution < 1.29 is 9.59 Å². The fourth-order valence-corrected chi connectivity index (χ4v) is 2.88. The van der Waals surface area contributed by atoms with Crippen molar-refractivity contribution in [3.05, 3.63) is 51.8 Å². The maximum atomic E-state index is 12.6. The zero-order valence-electron chi connectivity index (χ0n) is 13.8. The van der Waals surface area contributed by atoms with E-state index in [1.807, 2.05) is 32.0 Å². The van der Waals surface area contributed by atoms with E-state index in [1.165, 1.54) is 6.92 Å². The van der Waals surface area contributed by atoms with Gasteiger partial charge in [-0.05, 0) is 50.8 Å². The van der Waals surface area contributed by atoms with Gasteiger partial charge in [-0.25, -0.2) is 0 Å². The van der Waals surface area contributed by atoms with E-state index >= 15 is 0 Å². The van der Waals surface area contributed by atoms with Crippen LogP contribution in [0.1, 0.15) is 57.1 Å². The summed E-state index contributed by atoms with van der Waals surface area (Å²) in [5.74, 6) is -0.243. The van der Waals surface area contributed by atoms with E-state index in [-0.39, 0.29) is 11.7 Å². The monoisotopic (exact) mass is 298 g/mol. The lowest BCUT2D eigenvalue weighted by molar-refractivity contribution is 0.101. The molecular formula is C18H22N2O2. The fourth-order valence-electron chi connectivity index (χ4n) is 2.88. The number of carbonyl (C=O) groups excluding carboxylic acids is 2. The minimum Gasteiger partial charge on any atom is -0.354 e. The highest BCUT2D eigenvalue weighted by Gasteiger charge is 2.20. The Morgan fingerprint density at radius 3 is 2.41 bits per heavy atom. The van der Waals surface area contributed by atoms with Crippen LogP contribution in [-0.4, -0.2) is 16.7 Å². The lowest BCUT2D eigenvalue weighted by atomic mass is 10.0. The first-order valence-electron chi connectivity index (χ1n) is 7.46. The Kier molecular flexibility index (Phi) is 4.50. The van der Waals surface area contributed by atoms with Crippen molar-refractivity contribution in [1.29, 1.82) is 0 Å². The minimum absolute atomic E-state index is 0.0320. The molecule has 0 atom stereocenters. The molecule has 0 unspecified atom stereocenters. The predicted molar refractivity (Wildman–Crippen MR) is 88.8 cm³/mol. The van der Waals surface area contributed by atoms with Gasteiger partial charge in [0.05, 0.1) is 0 Å². The van der Waals surface area contributed by atoms with Crippen LogP contribution in [0.25, 0.3) is 0 Å². The topological polar surface area (TPSA) is 62.0 Å². The summed E-state index contributed by atoms with van der Waals surface area (Å²) in [4.78, 5) is 27.3. The van der Waals surface area contributed by atoms with E-state index in [4.69, 9.17) is 0 Å². The molecule has 0 aliphatic heterocycles. The maximum absolute atomic E-state index is 12.6. The van der Waals surface area contributed by atoms with Crippen molar-refractivity contribution in [3.8, 4) is 0 Å². The lowest BCUT2D eigenvalue weighted by Crippen LogP contribution is -2.16. The number of Topliss-reactive ketones (excluding diaryl/α,β-unsaturated/α-hetero) is 1. The summed E-state index contributed by atoms with van der Waals surface area (Å²) in [7, 11) is 0. The number of rotatable bonds is 4. The van der Waals surface area contributed by atoms with Crippen molar-refractivity contribution in [1.82, 2.24) is 4.98 Å². The van der Waals surface area contributed by atoms with Gasteiger partial charge >= 0.3 is 0 Å². The highest BCUT2D eigenvalue weighted by atomic mass is 16.2. The molecule has 0 aliphatic carbocycles. The Balaban J connectivity index is 2.39. The number of aromatic nitrogens is 1. The number of amides is 1. The van der Waals surface area contributed by atoms with Crippen LogP contribution in [0.15, 0.2) is 18.2 Å². The van der Waals surface area contributed by atoms with E-state index in [0.717, 1.165) is 28.9 Å². The lowest BCUT2D eigenvalue weighted by Gasteiger charge is -2.12. The van der Waals surface area contributed by atoms with Crippen LogP contribution >= 0.6 is 0 Å². The molecule has 0 saturated heterocycles. The number of anilines is 1. The Bertz CT molecular complexity index is 742. The largest absolute Gasteiger partial charge is 0.354 e. The minimum atomic E-state index is -0.211. The van der Waals surface area contributed by atoms with Crippen molar-refractivity contribution in [2.45, 2.75) is 41.0 Å². The normalized spacial score (nSPS) is 10.6. The molecule has 1 heterocycles. The van der Waals surface area contributed by atoms with Gasteiger partial charge in [-0.2, -0.15) is 0 Å². The Hall–Kier alpha value is -2.36. The van der Waals surface area contributed by atoms with Crippen LogP contribution in [0.4, 0.5) is 5.69 Å². The highest BCUT2D eigenvalue weighted by Crippen LogP contribution is 2.24. The summed E-state index contributed by atoms with van der Waals surface area (Å²) in [5, 5.41) is 2.98. The van der Waals surface area contributed by atoms with Gasteiger partial charge in [0.25, 0.3) is 5.91 Å². The number of aryl methyl sites for hydroxylation is 3. The molecule has 1 aromatic carbocycles. The third kappa shape index (κ3) is 2.82. The first kappa shape index (κ1) is 16.0. The van der Waals surface area contributed by atoms with E-state index in [9.17, 15) is 9.59 Å². The second-order valence-corrected chi connectivity index (χ2v) is 5.60. The first-order valence-corrected chi connectivity index (χ1v) is 7.46. The Morgan fingerprint density at radius 2 is 1.86 bits per heavy atom. The maximum Gasteiger partial charge on any atom is 0.272 e. The predicted octanol–water partition coefficient (Wildman–Crippen LogP) is 3.96. The average molecular weight is 298 g/mol. The van der Waals surface area contributed by atoms with Gasteiger partial charge in [0, 0.05) is 16.9 Å². The van der Waals surface area contributed by atoms with Crippen molar-refractivity contribution in [2.24, 2.45) is 0 Å². The molecule has 0 bridgehead atoms. The number of carbonyl (C=O) groups is 2. The van der Waals surface area contributed by atoms with Crippen LogP contribution in [0.5, 0.6) is 0 Å². The van der Waals surface area contributed by atoms with Gasteiger partial charge in [-0.15, -0.1) is 0 Å². The quantitative estimate of drug-likeness (QED) is 0.839. The molecule has 1 aromatic heterocycles. The third-order valence-corrected chi connectivity index (χ3v) is 4.00. The number of ketones is 1. The van der Waals surface area contributed by atoms with Gasteiger partial charge in [-0.1, -0.05) is 25.1 Å². The summed E-state index contributed by atoms with van der Waals surface area (Å²) in [6.07, 6.45) is 0.846. The second-order valence-electron chi connectivity index (χ2n) is 5.60. The molecule has 2 rings (SSSR count). The van der Waals surface area contributed by atoms with Crippen LogP contribution < -0.4 is 5.32 Å². The summed E-state index contributed by atoms with van der Waals surface area (Å²) >= 11 is 0. The van der Waals surface area contributed by atoms with E-state index in [0.29, 0.717) is 16.8 Å². The van der Waals surface area contributed by atoms with Crippen LogP contribution in [0.3, 0.4) is 0 Å². The van der Waals surface area contributed by atoms with Crippen molar-refractivity contribution in [3.63, 3.8) is 0 Å². The van der Waals surface area contributed by atoms with Crippen molar-refractivity contribution in [2.75, 3.05) is 5.32 Å². The number of para-hydroxylation sites is 1. The molecule has 0 radical (unpaired) electrons. The van der Waals surface area contributed by atoms with Gasteiger partial charge in [0.2, 0.25) is 0 Å². The molecule has 4 heteroatoms. The highest BCUT2D eigenvalue weighted by molar-refractivity contribution is 6.08. The molecule has 0 fully saturated rings. The average Bonchev–Trinajstić information content (AvgIpc) is 2.76. The number of hydrogen-bond acceptors (Lipinski definition) is 2. The van der Waals surface area contributed by atoms with Gasteiger partial charge in [0.1, 0.15) is 5.69 Å². The van der Waals surface area contributed by atoms with Gasteiger partial charge < -0.3 is 10.3 Å². The number of H-pyrrole nitrogens is 1. The summed E-state index contributed by atoms with van der Waals surface area (Å²) in [6, 6.07) is 5.97. The zero-order valence-corrected chi connectivity index (χ0v) is 13.8. The Labute approximate surface area is 130 Å². The second kappa shape index (κ2) is 6.18. The van der Waals surface area contributed by atoms with E-state index in [2.05, 4.69) is 17.2 Å². The standard InChI is InChI=1S/C18H22N2O2/c1-6-14-9-7-8-10(2)16(14)20-18(22)17-11(3)15(13(5)21)12(4)19-17/h7-9,19H,6H2,1-5H3,(H,20,22). The van der Waals surface area contributed by atoms with Gasteiger partial charge in [0.15, 0.2) is 5.78 Å². The Morgan fingerprint density at radius 1 is 1.18 bits per heavy atom. The number of nitrogens with one attached hydrogen (secondary N) is 2. The molecule has 0 aliphatic rings. The number of benzene rings is 1. The van der Waals surface area contributed by atoms with Gasteiger partial charge in [-0.3, -0.25) is 9.59 Å². The van der Waals surface area contributed by atoms with Crippen LogP contribution in [0.2, 0.25) is 0 Å². The first-order chi connectivity index (χ1) is 10.4. The molecule has 2 aromatic rings. The fraction of sp³-hybridized carbons (Fsp3) is 0.333. The van der Waals surface area contributed by atoms with Crippen LogP contribution in [0, 0.1) is 20.8 Å². The van der Waals surface area contributed by atoms with E-state index in [1.54, 1.807) is 6.92 Å². The van der Waals surface area contributed by atoms with E-state index < -0.39 is 0 Å². The molecule has 2 N–H and O–H groups in total. The van der Waals surface area contributed by atoms with Crippen molar-refractivity contribution >= 4 is 17.4 Å². The number of aromatic amines is 1. The smallest absolute Gasteiger partial charge is 0.272 e. The molecule has 4 nitrogen and oxygen atoms in total. The molecule has 0 saturated carbocycles. The third-order valence-electron chi connectivity index (χ3n) is 4.00. The molecule has 22 heavy (non-hydrogen) atoms. The number of hydrogen-bond donors (Lipinski definition) is 2. The summed E-state index contributed by atoms with van der Waals surface area (Å²) < 4.78 is 0. The molecule has 1 amide bonds. The summed E-state index contributed by atoms with van der Waals surface area (Å²) in [6.45, 7) is 9.16. The zero-order chi connectivity index (χ0) is 16.4. The summed E-state index contributed by atoms with van der Waals surface area (Å²) in [5.41, 5.74) is 5.47. The molecule has 116 valence electrons. The van der Waals surface area contributed by atoms with Crippen LogP contribution in [-0.2, 0) is 6.42 Å². The molecule has 0 spiro atoms.